The van der Waals surface area contributed by atoms with E-state index < -0.39 is 28.4 Å². The van der Waals surface area contributed by atoms with Crippen molar-refractivity contribution in [3.05, 3.63) is 59.4 Å². The largest absolute Gasteiger partial charge is 0.458 e. The molecule has 7 heteroatoms. The molecule has 2 atom stereocenters. The predicted octanol–water partition coefficient (Wildman–Crippen LogP) is 4.80. The second-order valence-corrected chi connectivity index (χ2v) is 10.2. The third kappa shape index (κ3) is 4.98. The van der Waals surface area contributed by atoms with Gasteiger partial charge in [0.2, 0.25) is 0 Å². The van der Waals surface area contributed by atoms with Crippen molar-refractivity contribution >= 4 is 22.0 Å². The molecule has 0 spiro atoms. The molecule has 0 aliphatic rings. The quantitative estimate of drug-likeness (QED) is 0.535. The first kappa shape index (κ1) is 22.6. The lowest BCUT2D eigenvalue weighted by atomic mass is 9.97. The molecule has 1 heterocycles. The second-order valence-electron chi connectivity index (χ2n) is 8.20. The molecule has 3 aromatic rings. The number of methoxy groups -OCH3 is 1. The Bertz CT molecular complexity index is 1040. The van der Waals surface area contributed by atoms with Gasteiger partial charge in [0, 0.05) is 18.1 Å². The van der Waals surface area contributed by atoms with Gasteiger partial charge in [0.25, 0.3) is 0 Å². The molecule has 0 saturated heterocycles. The van der Waals surface area contributed by atoms with Crippen LogP contribution in [0.1, 0.15) is 43.7 Å². The zero-order chi connectivity index (χ0) is 21.9. The number of furan rings is 1. The van der Waals surface area contributed by atoms with Gasteiger partial charge in [-0.05, 0) is 61.7 Å². The number of aliphatic hydroxyl groups excluding tert-OH is 1. The minimum atomic E-state index is -1.40. The Morgan fingerprint density at radius 3 is 2.63 bits per heavy atom. The molecule has 0 amide bonds. The fraction of sp³-hybridized carbons (Fsp3) is 0.391. The van der Waals surface area contributed by atoms with Crippen molar-refractivity contribution in [2.45, 2.75) is 44.8 Å². The second kappa shape index (κ2) is 9.39. The molecule has 0 bridgehead atoms. The Kier molecular flexibility index (Phi) is 7.08. The van der Waals surface area contributed by atoms with Crippen LogP contribution in [0, 0.1) is 0 Å². The Labute approximate surface area is 178 Å². The average molecular weight is 434 g/mol. The van der Waals surface area contributed by atoms with Gasteiger partial charge in [-0.3, -0.25) is 0 Å². The van der Waals surface area contributed by atoms with Gasteiger partial charge in [0.05, 0.1) is 28.4 Å². The molecule has 2 aromatic carbocycles. The number of halogens is 1. The molecular weight excluding hydrogens is 405 g/mol. The van der Waals surface area contributed by atoms with Gasteiger partial charge >= 0.3 is 0 Å². The van der Waals surface area contributed by atoms with Crippen LogP contribution in [0.15, 0.2) is 46.9 Å². The van der Waals surface area contributed by atoms with Crippen molar-refractivity contribution < 1.29 is 22.9 Å². The first-order valence-electron chi connectivity index (χ1n) is 9.76. The number of nitrogens with one attached hydrogen (secondary N) is 1. The zero-order valence-corrected chi connectivity index (χ0v) is 18.5. The van der Waals surface area contributed by atoms with Crippen molar-refractivity contribution in [3.63, 3.8) is 0 Å². The Balaban J connectivity index is 2.04. The fourth-order valence-electron chi connectivity index (χ4n) is 3.21. The van der Waals surface area contributed by atoms with Crippen LogP contribution in [0.25, 0.3) is 22.1 Å². The Hall–Kier alpha value is -2.06. The summed E-state index contributed by atoms with van der Waals surface area (Å²) in [5.74, 6) is 0.684. The molecule has 0 radical (unpaired) electrons. The van der Waals surface area contributed by atoms with Crippen LogP contribution in [0.3, 0.4) is 0 Å². The van der Waals surface area contributed by atoms with E-state index in [0.29, 0.717) is 23.5 Å². The van der Waals surface area contributed by atoms with Gasteiger partial charge in [0.1, 0.15) is 24.6 Å². The van der Waals surface area contributed by atoms with E-state index in [1.807, 2.05) is 63.2 Å². The molecule has 0 aliphatic carbocycles. The molecule has 162 valence electrons. The van der Waals surface area contributed by atoms with Crippen molar-refractivity contribution in [2.75, 3.05) is 13.8 Å². The first-order chi connectivity index (χ1) is 14.3. The number of aliphatic hydroxyl groups is 1. The fourth-order valence-corrected chi connectivity index (χ4v) is 4.02. The summed E-state index contributed by atoms with van der Waals surface area (Å²) in [6, 6.07) is 12.4. The highest BCUT2D eigenvalue weighted by Gasteiger charge is 2.24. The van der Waals surface area contributed by atoms with E-state index in [-0.39, 0.29) is 6.61 Å². The van der Waals surface area contributed by atoms with Gasteiger partial charge in [-0.2, -0.15) is 0 Å². The molecular formula is C23H28FNO4S. The summed E-state index contributed by atoms with van der Waals surface area (Å²) in [7, 11) is 0.199. The van der Waals surface area contributed by atoms with Gasteiger partial charge < -0.3 is 14.3 Å². The molecule has 5 nitrogen and oxygen atoms in total. The lowest BCUT2D eigenvalue weighted by molar-refractivity contribution is 0.166. The third-order valence-electron chi connectivity index (χ3n) is 4.76. The third-order valence-corrected chi connectivity index (χ3v) is 6.37. The van der Waals surface area contributed by atoms with Crippen LogP contribution < -0.4 is 4.72 Å². The highest BCUT2D eigenvalue weighted by molar-refractivity contribution is 7.84. The van der Waals surface area contributed by atoms with Crippen LogP contribution in [-0.2, 0) is 28.9 Å². The van der Waals surface area contributed by atoms with Crippen LogP contribution in [0.2, 0.25) is 0 Å². The molecule has 1 aromatic heterocycles. The van der Waals surface area contributed by atoms with E-state index >= 15 is 0 Å². The number of hydrogen-bond acceptors (Lipinski definition) is 4. The molecule has 30 heavy (non-hydrogen) atoms. The normalized spacial score (nSPS) is 14.2. The standard InChI is InChI=1S/C23H28FNO4S/c1-23(2,3)30(27)25-21(12-24)17-7-5-6-16(10-17)20-9-15(13-26)8-18-11-19(14-28-4)29-22(18)20/h5-11,21,25-26H,12-14H2,1-4H3/t21?,30-/m1/s1. The Morgan fingerprint density at radius 2 is 2.00 bits per heavy atom. The summed E-state index contributed by atoms with van der Waals surface area (Å²) in [4.78, 5) is 0. The monoisotopic (exact) mass is 433 g/mol. The smallest absolute Gasteiger partial charge is 0.142 e. The van der Waals surface area contributed by atoms with Crippen LogP contribution in [-0.4, -0.2) is 27.8 Å². The summed E-state index contributed by atoms with van der Waals surface area (Å²) in [5.41, 5.74) is 3.75. The first-order valence-corrected chi connectivity index (χ1v) is 10.9. The van der Waals surface area contributed by atoms with E-state index in [1.54, 1.807) is 7.11 Å². The minimum Gasteiger partial charge on any atom is -0.458 e. The number of rotatable bonds is 8. The van der Waals surface area contributed by atoms with E-state index in [4.69, 9.17) is 9.15 Å². The molecule has 1 unspecified atom stereocenters. The number of hydrogen-bond donors (Lipinski definition) is 2. The van der Waals surface area contributed by atoms with E-state index in [1.165, 1.54) is 0 Å². The Morgan fingerprint density at radius 1 is 1.23 bits per heavy atom. The lowest BCUT2D eigenvalue weighted by Gasteiger charge is -2.23. The van der Waals surface area contributed by atoms with E-state index in [0.717, 1.165) is 22.1 Å². The number of alkyl halides is 1. The van der Waals surface area contributed by atoms with E-state index in [9.17, 15) is 13.7 Å². The molecule has 2 N–H and O–H groups in total. The van der Waals surface area contributed by atoms with Crippen LogP contribution >= 0.6 is 0 Å². The van der Waals surface area contributed by atoms with E-state index in [2.05, 4.69) is 4.72 Å². The maximum Gasteiger partial charge on any atom is 0.142 e. The highest BCUT2D eigenvalue weighted by atomic mass is 32.2. The van der Waals surface area contributed by atoms with Crippen molar-refractivity contribution in [3.8, 4) is 11.1 Å². The van der Waals surface area contributed by atoms with Crippen molar-refractivity contribution in [1.29, 1.82) is 0 Å². The van der Waals surface area contributed by atoms with Gasteiger partial charge in [-0.25, -0.2) is 13.3 Å². The number of fused-ring (bicyclic) bond motifs is 1. The summed E-state index contributed by atoms with van der Waals surface area (Å²) < 4.78 is 39.8. The molecule has 0 aliphatic heterocycles. The lowest BCUT2D eigenvalue weighted by Crippen LogP contribution is -2.36. The molecule has 3 rings (SSSR count). The summed E-state index contributed by atoms with van der Waals surface area (Å²) >= 11 is 0. The maximum absolute atomic E-state index is 13.8. The van der Waals surface area contributed by atoms with Crippen LogP contribution in [0.5, 0.6) is 0 Å². The van der Waals surface area contributed by atoms with Gasteiger partial charge in [-0.15, -0.1) is 0 Å². The molecule has 0 fully saturated rings. The topological polar surface area (TPSA) is 71.7 Å². The zero-order valence-electron chi connectivity index (χ0n) is 17.7. The minimum absolute atomic E-state index is 0.105. The van der Waals surface area contributed by atoms with Crippen molar-refractivity contribution in [2.24, 2.45) is 0 Å². The van der Waals surface area contributed by atoms with Crippen molar-refractivity contribution in [1.82, 2.24) is 4.72 Å². The average Bonchev–Trinajstić information content (AvgIpc) is 3.13. The van der Waals surface area contributed by atoms with Gasteiger partial charge in [-0.1, -0.05) is 18.2 Å². The summed E-state index contributed by atoms with van der Waals surface area (Å²) in [5, 5.41) is 10.6. The number of benzene rings is 2. The summed E-state index contributed by atoms with van der Waals surface area (Å²) in [6.45, 7) is 5.08. The highest BCUT2D eigenvalue weighted by Crippen LogP contribution is 2.34. The maximum atomic E-state index is 13.8. The predicted molar refractivity (Wildman–Crippen MR) is 118 cm³/mol. The SMILES string of the molecule is COCc1cc2cc(CO)cc(-c3cccc(C(CF)N[S@](=O)C(C)(C)C)c3)c2o1. The molecule has 0 saturated carbocycles. The number of ether oxygens (including phenoxy) is 1. The summed E-state index contributed by atoms with van der Waals surface area (Å²) in [6.07, 6.45) is 0. The van der Waals surface area contributed by atoms with Gasteiger partial charge in [0.15, 0.2) is 0 Å². The van der Waals surface area contributed by atoms with Crippen LogP contribution in [0.4, 0.5) is 4.39 Å².